The molecule has 0 amide bonds. The SMILES string of the molecule is CCc1csc(NC(C(=O)OC)C(C)C)n1. The van der Waals surface area contributed by atoms with Gasteiger partial charge in [0.2, 0.25) is 0 Å². The van der Waals surface area contributed by atoms with E-state index in [1.807, 2.05) is 19.2 Å². The molecule has 0 radical (unpaired) electrons. The van der Waals surface area contributed by atoms with E-state index in [1.165, 1.54) is 18.4 Å². The number of anilines is 1. The highest BCUT2D eigenvalue weighted by Gasteiger charge is 2.23. The average molecular weight is 242 g/mol. The van der Waals surface area contributed by atoms with Gasteiger partial charge in [0, 0.05) is 5.38 Å². The van der Waals surface area contributed by atoms with Gasteiger partial charge in [-0.2, -0.15) is 0 Å². The summed E-state index contributed by atoms with van der Waals surface area (Å²) < 4.78 is 4.75. The number of rotatable bonds is 5. The minimum Gasteiger partial charge on any atom is -0.467 e. The quantitative estimate of drug-likeness (QED) is 0.805. The summed E-state index contributed by atoms with van der Waals surface area (Å²) in [6.45, 7) is 6.00. The van der Waals surface area contributed by atoms with Crippen molar-refractivity contribution in [2.24, 2.45) is 5.92 Å². The van der Waals surface area contributed by atoms with E-state index in [-0.39, 0.29) is 17.9 Å². The van der Waals surface area contributed by atoms with E-state index < -0.39 is 0 Å². The summed E-state index contributed by atoms with van der Waals surface area (Å²) in [6, 6.07) is -0.333. The van der Waals surface area contributed by atoms with Crippen LogP contribution in [0.1, 0.15) is 26.5 Å². The van der Waals surface area contributed by atoms with Crippen LogP contribution in [0, 0.1) is 5.92 Å². The molecule has 0 aliphatic carbocycles. The molecule has 1 aromatic rings. The van der Waals surface area contributed by atoms with E-state index in [9.17, 15) is 4.79 Å². The number of esters is 1. The van der Waals surface area contributed by atoms with Gasteiger partial charge in [0.25, 0.3) is 0 Å². The molecule has 0 saturated carbocycles. The number of nitrogens with zero attached hydrogens (tertiary/aromatic N) is 1. The number of ether oxygens (including phenoxy) is 1. The van der Waals surface area contributed by atoms with Crippen molar-refractivity contribution in [2.75, 3.05) is 12.4 Å². The predicted octanol–water partition coefficient (Wildman–Crippen LogP) is 2.32. The first-order chi connectivity index (χ1) is 7.58. The van der Waals surface area contributed by atoms with E-state index in [0.717, 1.165) is 17.2 Å². The number of carbonyl (C=O) groups is 1. The predicted molar refractivity (Wildman–Crippen MR) is 65.8 cm³/mol. The maximum Gasteiger partial charge on any atom is 0.328 e. The summed E-state index contributed by atoms with van der Waals surface area (Å²) in [5, 5.41) is 5.89. The first-order valence-electron chi connectivity index (χ1n) is 5.37. The van der Waals surface area contributed by atoms with Gasteiger partial charge in [-0.25, -0.2) is 9.78 Å². The van der Waals surface area contributed by atoms with Gasteiger partial charge in [-0.3, -0.25) is 0 Å². The Morgan fingerprint density at radius 3 is 2.75 bits per heavy atom. The van der Waals surface area contributed by atoms with Gasteiger partial charge < -0.3 is 10.1 Å². The van der Waals surface area contributed by atoms with Crippen LogP contribution in [0.2, 0.25) is 0 Å². The Morgan fingerprint density at radius 1 is 1.62 bits per heavy atom. The molecule has 1 atom stereocenters. The lowest BCUT2D eigenvalue weighted by Crippen LogP contribution is -2.35. The molecular weight excluding hydrogens is 224 g/mol. The Morgan fingerprint density at radius 2 is 2.31 bits per heavy atom. The zero-order valence-corrected chi connectivity index (χ0v) is 10.9. The molecule has 0 aliphatic rings. The summed E-state index contributed by atoms with van der Waals surface area (Å²) >= 11 is 1.52. The van der Waals surface area contributed by atoms with Gasteiger partial charge in [0.05, 0.1) is 12.8 Å². The first kappa shape index (κ1) is 13.0. The zero-order valence-electron chi connectivity index (χ0n) is 10.1. The highest BCUT2D eigenvalue weighted by atomic mass is 32.1. The zero-order chi connectivity index (χ0) is 12.1. The van der Waals surface area contributed by atoms with Crippen molar-refractivity contribution in [2.45, 2.75) is 33.2 Å². The number of hydrogen-bond acceptors (Lipinski definition) is 5. The highest BCUT2D eigenvalue weighted by molar-refractivity contribution is 7.13. The van der Waals surface area contributed by atoms with Crippen LogP contribution in [0.4, 0.5) is 5.13 Å². The van der Waals surface area contributed by atoms with Crippen molar-refractivity contribution in [1.82, 2.24) is 4.98 Å². The minimum atomic E-state index is -0.333. The molecule has 1 rings (SSSR count). The molecule has 16 heavy (non-hydrogen) atoms. The highest BCUT2D eigenvalue weighted by Crippen LogP contribution is 2.19. The molecule has 0 aromatic carbocycles. The van der Waals surface area contributed by atoms with E-state index in [1.54, 1.807) is 0 Å². The summed E-state index contributed by atoms with van der Waals surface area (Å²) in [5.74, 6) is -0.0790. The number of aryl methyl sites for hydroxylation is 1. The fourth-order valence-corrected chi connectivity index (χ4v) is 2.13. The van der Waals surface area contributed by atoms with Crippen LogP contribution in [0.3, 0.4) is 0 Å². The smallest absolute Gasteiger partial charge is 0.328 e. The number of carbonyl (C=O) groups excluding carboxylic acids is 1. The van der Waals surface area contributed by atoms with Gasteiger partial charge in [-0.15, -0.1) is 11.3 Å². The van der Waals surface area contributed by atoms with Crippen molar-refractivity contribution in [3.05, 3.63) is 11.1 Å². The van der Waals surface area contributed by atoms with Crippen LogP contribution in [0.25, 0.3) is 0 Å². The number of thiazole rings is 1. The van der Waals surface area contributed by atoms with Crippen LogP contribution >= 0.6 is 11.3 Å². The maximum absolute atomic E-state index is 11.5. The second-order valence-electron chi connectivity index (χ2n) is 3.89. The van der Waals surface area contributed by atoms with Crippen molar-refractivity contribution < 1.29 is 9.53 Å². The van der Waals surface area contributed by atoms with Gasteiger partial charge in [0.15, 0.2) is 5.13 Å². The lowest BCUT2D eigenvalue weighted by atomic mass is 10.1. The third-order valence-electron chi connectivity index (χ3n) is 2.31. The molecule has 1 aromatic heterocycles. The molecule has 0 bridgehead atoms. The first-order valence-corrected chi connectivity index (χ1v) is 6.25. The van der Waals surface area contributed by atoms with Crippen molar-refractivity contribution in [3.63, 3.8) is 0 Å². The molecular formula is C11H18N2O2S. The number of nitrogens with one attached hydrogen (secondary N) is 1. The molecule has 90 valence electrons. The van der Waals surface area contributed by atoms with Gasteiger partial charge in [-0.05, 0) is 12.3 Å². The Hall–Kier alpha value is -1.10. The third kappa shape index (κ3) is 3.20. The molecule has 4 nitrogen and oxygen atoms in total. The third-order valence-corrected chi connectivity index (χ3v) is 3.14. The Balaban J connectivity index is 2.71. The molecule has 1 heterocycles. The molecule has 5 heteroatoms. The monoisotopic (exact) mass is 242 g/mol. The molecule has 0 aliphatic heterocycles. The number of aromatic nitrogens is 1. The second-order valence-corrected chi connectivity index (χ2v) is 4.74. The second kappa shape index (κ2) is 5.84. The molecule has 1 N–H and O–H groups in total. The summed E-state index contributed by atoms with van der Waals surface area (Å²) in [7, 11) is 1.40. The van der Waals surface area contributed by atoms with E-state index >= 15 is 0 Å². The molecule has 1 unspecified atom stereocenters. The normalized spacial score (nSPS) is 12.6. The van der Waals surface area contributed by atoms with E-state index in [2.05, 4.69) is 17.2 Å². The largest absolute Gasteiger partial charge is 0.467 e. The fraction of sp³-hybridized carbons (Fsp3) is 0.636. The Labute approximate surface area is 100 Å². The molecule has 0 spiro atoms. The van der Waals surface area contributed by atoms with Crippen molar-refractivity contribution >= 4 is 22.4 Å². The molecule has 0 saturated heterocycles. The van der Waals surface area contributed by atoms with Crippen LogP contribution in [-0.2, 0) is 16.0 Å². The lowest BCUT2D eigenvalue weighted by Gasteiger charge is -2.18. The van der Waals surface area contributed by atoms with Gasteiger partial charge in [-0.1, -0.05) is 20.8 Å². The summed E-state index contributed by atoms with van der Waals surface area (Å²) in [6.07, 6.45) is 0.906. The Kier molecular flexibility index (Phi) is 4.73. The fourth-order valence-electron chi connectivity index (χ4n) is 1.29. The topological polar surface area (TPSA) is 51.2 Å². The summed E-state index contributed by atoms with van der Waals surface area (Å²) in [5.41, 5.74) is 1.04. The summed E-state index contributed by atoms with van der Waals surface area (Å²) in [4.78, 5) is 15.9. The Bertz CT molecular complexity index is 350. The number of hydrogen-bond donors (Lipinski definition) is 1. The van der Waals surface area contributed by atoms with Crippen LogP contribution < -0.4 is 5.32 Å². The lowest BCUT2D eigenvalue weighted by molar-refractivity contribution is -0.142. The van der Waals surface area contributed by atoms with Crippen LogP contribution in [0.5, 0.6) is 0 Å². The van der Waals surface area contributed by atoms with Crippen LogP contribution in [-0.4, -0.2) is 24.1 Å². The van der Waals surface area contributed by atoms with E-state index in [4.69, 9.17) is 4.74 Å². The van der Waals surface area contributed by atoms with Crippen LogP contribution in [0.15, 0.2) is 5.38 Å². The minimum absolute atomic E-state index is 0.168. The molecule has 0 fully saturated rings. The van der Waals surface area contributed by atoms with Crippen molar-refractivity contribution in [3.8, 4) is 0 Å². The van der Waals surface area contributed by atoms with Gasteiger partial charge in [0.1, 0.15) is 6.04 Å². The average Bonchev–Trinajstić information content (AvgIpc) is 2.72. The maximum atomic E-state index is 11.5. The standard InChI is InChI=1S/C11H18N2O2S/c1-5-8-6-16-11(12-8)13-9(7(2)3)10(14)15-4/h6-7,9H,5H2,1-4H3,(H,12,13). The van der Waals surface area contributed by atoms with Crippen molar-refractivity contribution in [1.29, 1.82) is 0 Å². The van der Waals surface area contributed by atoms with Gasteiger partial charge >= 0.3 is 5.97 Å². The van der Waals surface area contributed by atoms with E-state index in [0.29, 0.717) is 0 Å². The number of methoxy groups -OCH3 is 1.